The predicted octanol–water partition coefficient (Wildman–Crippen LogP) is 2.45. The molecule has 0 aromatic heterocycles. The van der Waals surface area contributed by atoms with E-state index in [1.165, 1.54) is 11.1 Å². The lowest BCUT2D eigenvalue weighted by atomic mass is 9.95. The van der Waals surface area contributed by atoms with Gasteiger partial charge in [0.2, 0.25) is 5.91 Å². The molecule has 0 saturated carbocycles. The molecule has 1 fully saturated rings. The van der Waals surface area contributed by atoms with E-state index in [-0.39, 0.29) is 11.9 Å². The summed E-state index contributed by atoms with van der Waals surface area (Å²) in [4.78, 5) is 10.8. The highest BCUT2D eigenvalue weighted by atomic mass is 16.2. The summed E-state index contributed by atoms with van der Waals surface area (Å²) in [5.74, 6) is 0.852. The molecule has 2 nitrogen and oxygen atoms in total. The molecule has 2 rings (SSSR count). The number of nitrogens with one attached hydrogen (secondary N) is 1. The van der Waals surface area contributed by atoms with Gasteiger partial charge in [-0.05, 0) is 23.5 Å². The second kappa shape index (κ2) is 4.05. The minimum Gasteiger partial charge on any atom is -0.349 e. The molecule has 2 heteroatoms. The molecule has 0 bridgehead atoms. The maximum Gasteiger partial charge on any atom is 0.222 e. The summed E-state index contributed by atoms with van der Waals surface area (Å²) in [5.41, 5.74) is 2.60. The molecule has 0 spiro atoms. The van der Waals surface area contributed by atoms with E-state index in [9.17, 15) is 4.79 Å². The van der Waals surface area contributed by atoms with Gasteiger partial charge in [0, 0.05) is 0 Å². The van der Waals surface area contributed by atoms with Crippen LogP contribution in [0.4, 0.5) is 0 Å². The second-order valence-electron chi connectivity index (χ2n) is 4.66. The van der Waals surface area contributed by atoms with Gasteiger partial charge in [-0.3, -0.25) is 4.79 Å². The summed E-state index contributed by atoms with van der Waals surface area (Å²) in [6, 6.07) is 8.84. The van der Waals surface area contributed by atoms with Gasteiger partial charge in [-0.2, -0.15) is 0 Å². The lowest BCUT2D eigenvalue weighted by Gasteiger charge is -2.27. The maximum atomic E-state index is 10.8. The van der Waals surface area contributed by atoms with E-state index in [2.05, 4.69) is 43.4 Å². The molecular weight excluding hydrogens is 186 g/mol. The average molecular weight is 203 g/mol. The standard InChI is InChI=1S/C13H17NO/c1-9(2)7-10-3-5-11(6-4-10)12-8-13(15)14-12/h3-6,9,12H,7-8H2,1-2H3,(H,14,15). The first-order valence-electron chi connectivity index (χ1n) is 5.53. The molecule has 1 aliphatic rings. The second-order valence-corrected chi connectivity index (χ2v) is 4.66. The molecule has 1 aliphatic heterocycles. The Hall–Kier alpha value is -1.31. The number of β-lactam (4-membered cyclic amide) rings is 1. The van der Waals surface area contributed by atoms with E-state index in [0.717, 1.165) is 6.42 Å². The van der Waals surface area contributed by atoms with Crippen molar-refractivity contribution in [2.24, 2.45) is 5.92 Å². The van der Waals surface area contributed by atoms with Crippen molar-refractivity contribution in [3.05, 3.63) is 35.4 Å². The minimum atomic E-state index is 0.159. The smallest absolute Gasteiger partial charge is 0.222 e. The van der Waals surface area contributed by atoms with Crippen LogP contribution in [-0.2, 0) is 11.2 Å². The fourth-order valence-corrected chi connectivity index (χ4v) is 1.92. The van der Waals surface area contributed by atoms with E-state index in [0.29, 0.717) is 12.3 Å². The number of hydrogen-bond donors (Lipinski definition) is 1. The molecule has 0 radical (unpaired) electrons. The Balaban J connectivity index is 2.01. The van der Waals surface area contributed by atoms with Crippen LogP contribution in [0.1, 0.15) is 37.4 Å². The average Bonchev–Trinajstić information content (AvgIpc) is 2.14. The normalized spacial score (nSPS) is 19.9. The molecule has 0 aliphatic carbocycles. The van der Waals surface area contributed by atoms with Crippen molar-refractivity contribution < 1.29 is 4.79 Å². The minimum absolute atomic E-state index is 0.159. The number of hydrogen-bond acceptors (Lipinski definition) is 1. The van der Waals surface area contributed by atoms with Crippen LogP contribution in [0.5, 0.6) is 0 Å². The van der Waals surface area contributed by atoms with Gasteiger partial charge < -0.3 is 5.32 Å². The van der Waals surface area contributed by atoms with E-state index in [1.807, 2.05) is 0 Å². The van der Waals surface area contributed by atoms with Crippen LogP contribution in [0, 0.1) is 5.92 Å². The van der Waals surface area contributed by atoms with Crippen LogP contribution in [-0.4, -0.2) is 5.91 Å². The van der Waals surface area contributed by atoms with Crippen molar-refractivity contribution in [2.75, 3.05) is 0 Å². The van der Waals surface area contributed by atoms with Crippen molar-refractivity contribution in [3.63, 3.8) is 0 Å². The summed E-state index contributed by atoms with van der Waals surface area (Å²) in [7, 11) is 0. The van der Waals surface area contributed by atoms with Crippen molar-refractivity contribution in [2.45, 2.75) is 32.7 Å². The molecule has 80 valence electrons. The SMILES string of the molecule is CC(C)Cc1ccc(C2CC(=O)N2)cc1. The predicted molar refractivity (Wildman–Crippen MR) is 60.5 cm³/mol. The number of carbonyl (C=O) groups excluding carboxylic acids is 1. The lowest BCUT2D eigenvalue weighted by Crippen LogP contribution is -2.41. The molecule has 1 atom stereocenters. The monoisotopic (exact) mass is 203 g/mol. The molecule has 1 amide bonds. The highest BCUT2D eigenvalue weighted by molar-refractivity contribution is 5.83. The highest BCUT2D eigenvalue weighted by Crippen LogP contribution is 2.24. The molecule has 1 N–H and O–H groups in total. The highest BCUT2D eigenvalue weighted by Gasteiger charge is 2.26. The van der Waals surface area contributed by atoms with Crippen LogP contribution in [0.15, 0.2) is 24.3 Å². The molecule has 15 heavy (non-hydrogen) atoms. The summed E-state index contributed by atoms with van der Waals surface area (Å²) in [5, 5.41) is 2.88. The third-order valence-corrected chi connectivity index (χ3v) is 2.75. The topological polar surface area (TPSA) is 29.1 Å². The molecule has 1 aromatic carbocycles. The molecule has 1 aromatic rings. The van der Waals surface area contributed by atoms with Crippen molar-refractivity contribution in [1.29, 1.82) is 0 Å². The van der Waals surface area contributed by atoms with Crippen molar-refractivity contribution >= 4 is 5.91 Å². The van der Waals surface area contributed by atoms with Crippen molar-refractivity contribution in [1.82, 2.24) is 5.32 Å². The van der Waals surface area contributed by atoms with Crippen LogP contribution < -0.4 is 5.32 Å². The van der Waals surface area contributed by atoms with Crippen LogP contribution in [0.2, 0.25) is 0 Å². The Morgan fingerprint density at radius 1 is 1.33 bits per heavy atom. The van der Waals surface area contributed by atoms with Gasteiger partial charge in [0.15, 0.2) is 0 Å². The number of benzene rings is 1. The van der Waals surface area contributed by atoms with E-state index in [4.69, 9.17) is 0 Å². The lowest BCUT2D eigenvalue weighted by molar-refractivity contribution is -0.128. The zero-order valence-electron chi connectivity index (χ0n) is 9.29. The van der Waals surface area contributed by atoms with Crippen LogP contribution in [0.25, 0.3) is 0 Å². The first-order chi connectivity index (χ1) is 7.15. The zero-order valence-corrected chi connectivity index (χ0v) is 9.29. The first kappa shape index (κ1) is 10.2. The van der Waals surface area contributed by atoms with Gasteiger partial charge in [0.1, 0.15) is 0 Å². The fourth-order valence-electron chi connectivity index (χ4n) is 1.92. The van der Waals surface area contributed by atoms with Gasteiger partial charge in [0.25, 0.3) is 0 Å². The molecule has 1 saturated heterocycles. The quantitative estimate of drug-likeness (QED) is 0.751. The first-order valence-corrected chi connectivity index (χ1v) is 5.53. The number of rotatable bonds is 3. The molecular formula is C13H17NO. The van der Waals surface area contributed by atoms with E-state index < -0.39 is 0 Å². The van der Waals surface area contributed by atoms with Gasteiger partial charge in [0.05, 0.1) is 12.5 Å². The fraction of sp³-hybridized carbons (Fsp3) is 0.462. The van der Waals surface area contributed by atoms with Gasteiger partial charge in [-0.15, -0.1) is 0 Å². The van der Waals surface area contributed by atoms with Gasteiger partial charge in [-0.1, -0.05) is 38.1 Å². The van der Waals surface area contributed by atoms with E-state index >= 15 is 0 Å². The summed E-state index contributed by atoms with van der Waals surface area (Å²) in [6.07, 6.45) is 1.76. The third-order valence-electron chi connectivity index (χ3n) is 2.75. The van der Waals surface area contributed by atoms with Gasteiger partial charge in [-0.25, -0.2) is 0 Å². The Morgan fingerprint density at radius 3 is 2.40 bits per heavy atom. The molecule has 1 unspecified atom stereocenters. The van der Waals surface area contributed by atoms with Crippen LogP contribution >= 0.6 is 0 Å². The zero-order chi connectivity index (χ0) is 10.8. The Bertz CT molecular complexity index is 345. The largest absolute Gasteiger partial charge is 0.349 e. The summed E-state index contributed by atoms with van der Waals surface area (Å²) < 4.78 is 0. The number of amides is 1. The third kappa shape index (κ3) is 2.38. The summed E-state index contributed by atoms with van der Waals surface area (Å²) >= 11 is 0. The van der Waals surface area contributed by atoms with Gasteiger partial charge >= 0.3 is 0 Å². The van der Waals surface area contributed by atoms with Crippen molar-refractivity contribution in [3.8, 4) is 0 Å². The maximum absolute atomic E-state index is 10.8. The van der Waals surface area contributed by atoms with E-state index in [1.54, 1.807) is 0 Å². The molecule has 1 heterocycles. The summed E-state index contributed by atoms with van der Waals surface area (Å²) in [6.45, 7) is 4.44. The Labute approximate surface area is 90.7 Å². The van der Waals surface area contributed by atoms with Crippen LogP contribution in [0.3, 0.4) is 0 Å². The number of carbonyl (C=O) groups is 1. The Morgan fingerprint density at radius 2 is 1.93 bits per heavy atom. The Kier molecular flexibility index (Phi) is 2.76.